The molecule has 4 rings (SSSR count). The summed E-state index contributed by atoms with van der Waals surface area (Å²) < 4.78 is 2.17. The van der Waals surface area contributed by atoms with Crippen LogP contribution in [-0.4, -0.2) is 46.9 Å². The van der Waals surface area contributed by atoms with Gasteiger partial charge in [-0.05, 0) is 76.0 Å². The minimum Gasteiger partial charge on any atom is -0.396 e. The van der Waals surface area contributed by atoms with E-state index in [-0.39, 0.29) is 12.4 Å². The molecule has 29 heavy (non-hydrogen) atoms. The number of hydrogen-bond acceptors (Lipinski definition) is 4. The van der Waals surface area contributed by atoms with Crippen molar-refractivity contribution in [3.8, 4) is 5.69 Å². The van der Waals surface area contributed by atoms with Crippen LogP contribution in [0.5, 0.6) is 0 Å². The van der Waals surface area contributed by atoms with Gasteiger partial charge in [-0.2, -0.15) is 0 Å². The molecular weight excluding hydrogens is 384 g/mol. The highest BCUT2D eigenvalue weighted by Crippen LogP contribution is 2.28. The van der Waals surface area contributed by atoms with Crippen molar-refractivity contribution in [2.75, 3.05) is 26.7 Å². The van der Waals surface area contributed by atoms with Gasteiger partial charge in [0.1, 0.15) is 12.9 Å². The number of nitrogens with zero attached hydrogens (tertiary/aromatic N) is 4. The third-order valence-corrected chi connectivity index (χ3v) is 5.54. The number of benzene rings is 2. The number of oxime groups is 1. The number of hydrogen-bond donors (Lipinski definition) is 0. The Morgan fingerprint density at radius 1 is 1.24 bits per heavy atom. The normalized spacial score (nSPS) is 17.9. The van der Waals surface area contributed by atoms with Crippen molar-refractivity contribution in [3.05, 3.63) is 59.9 Å². The molecule has 1 fully saturated rings. The van der Waals surface area contributed by atoms with Crippen molar-refractivity contribution in [3.63, 3.8) is 0 Å². The lowest BCUT2D eigenvalue weighted by molar-refractivity contribution is 0.159. The van der Waals surface area contributed by atoms with Crippen molar-refractivity contribution in [1.29, 1.82) is 0 Å². The van der Waals surface area contributed by atoms with Gasteiger partial charge in [0.15, 0.2) is 0 Å². The van der Waals surface area contributed by atoms with Gasteiger partial charge >= 0.3 is 0 Å². The van der Waals surface area contributed by atoms with Gasteiger partial charge in [-0.3, -0.25) is 4.57 Å². The second kappa shape index (κ2) is 9.42. The molecule has 0 N–H and O–H groups in total. The Labute approximate surface area is 178 Å². The van der Waals surface area contributed by atoms with Crippen LogP contribution in [0, 0.1) is 0 Å². The Kier molecular flexibility index (Phi) is 6.93. The molecule has 0 amide bonds. The third-order valence-electron chi connectivity index (χ3n) is 5.54. The van der Waals surface area contributed by atoms with E-state index in [1.54, 1.807) is 0 Å². The first kappa shape index (κ1) is 21.3. The van der Waals surface area contributed by atoms with E-state index in [1.807, 2.05) is 20.2 Å². The van der Waals surface area contributed by atoms with Crippen LogP contribution in [-0.2, 0) is 4.84 Å². The lowest BCUT2D eigenvalue weighted by atomic mass is 9.90. The number of halogens is 1. The van der Waals surface area contributed by atoms with Gasteiger partial charge in [0.2, 0.25) is 0 Å². The number of likely N-dealkylation sites (N-methyl/N-ethyl adjacent to an activating group) is 1. The number of piperidine rings is 1. The monoisotopic (exact) mass is 412 g/mol. The number of rotatable bonds is 5. The minimum absolute atomic E-state index is 0. The number of aromatic nitrogens is 2. The molecule has 0 saturated carbocycles. The molecule has 154 valence electrons. The molecule has 0 aliphatic carbocycles. The molecule has 5 nitrogen and oxygen atoms in total. The highest BCUT2D eigenvalue weighted by molar-refractivity contribution is 6.00. The molecular formula is C23H29ClN4O. The molecule has 0 spiro atoms. The van der Waals surface area contributed by atoms with E-state index in [4.69, 9.17) is 4.84 Å². The summed E-state index contributed by atoms with van der Waals surface area (Å²) in [5.74, 6) is 0.609. The zero-order valence-electron chi connectivity index (χ0n) is 17.3. The molecule has 0 bridgehead atoms. The van der Waals surface area contributed by atoms with Crippen LogP contribution < -0.4 is 0 Å². The minimum atomic E-state index is 0. The largest absolute Gasteiger partial charge is 0.396 e. The summed E-state index contributed by atoms with van der Waals surface area (Å²) in [5, 5.41) is 4.13. The van der Waals surface area contributed by atoms with E-state index in [1.165, 1.54) is 30.6 Å². The van der Waals surface area contributed by atoms with Crippen LogP contribution in [0.15, 0.2) is 53.9 Å². The van der Waals surface area contributed by atoms with Crippen molar-refractivity contribution >= 4 is 29.2 Å². The SMILES string of the molecule is CCON=C(C)c1ccc2c(c1)ncn2-c1cccc(C2CCCN(C)C2)c1.Cl. The van der Waals surface area contributed by atoms with Crippen LogP contribution >= 0.6 is 12.4 Å². The van der Waals surface area contributed by atoms with E-state index >= 15 is 0 Å². The molecule has 2 heterocycles. The maximum Gasteiger partial charge on any atom is 0.114 e. The standard InChI is InChI=1S/C23H28N4O.ClH/c1-4-28-25-17(2)18-10-11-23-22(14-18)24-16-27(23)21-9-5-7-19(13-21)20-8-6-12-26(3)15-20;/h5,7,9-11,13-14,16,20H,4,6,8,12,15H2,1-3H3;1H. The number of likely N-dealkylation sites (tertiary alicyclic amines) is 1. The first-order valence-electron chi connectivity index (χ1n) is 10.1. The molecule has 2 aromatic carbocycles. The van der Waals surface area contributed by atoms with E-state index in [2.05, 4.69) is 69.1 Å². The summed E-state index contributed by atoms with van der Waals surface area (Å²) in [6.07, 6.45) is 4.45. The third kappa shape index (κ3) is 4.62. The first-order valence-corrected chi connectivity index (χ1v) is 10.1. The zero-order chi connectivity index (χ0) is 19.5. The fourth-order valence-electron chi connectivity index (χ4n) is 4.02. The lowest BCUT2D eigenvalue weighted by Gasteiger charge is -2.30. The van der Waals surface area contributed by atoms with Gasteiger partial charge < -0.3 is 9.74 Å². The summed E-state index contributed by atoms with van der Waals surface area (Å²) in [5.41, 5.74) is 6.55. The maximum atomic E-state index is 5.17. The Hall–Kier alpha value is -2.37. The number of imidazole rings is 1. The molecule has 1 aliphatic rings. The van der Waals surface area contributed by atoms with Crippen LogP contribution in [0.2, 0.25) is 0 Å². The Morgan fingerprint density at radius 2 is 2.10 bits per heavy atom. The van der Waals surface area contributed by atoms with E-state index in [0.717, 1.165) is 28.9 Å². The lowest BCUT2D eigenvalue weighted by Crippen LogP contribution is -2.30. The summed E-state index contributed by atoms with van der Waals surface area (Å²) in [4.78, 5) is 12.2. The smallest absolute Gasteiger partial charge is 0.114 e. The summed E-state index contributed by atoms with van der Waals surface area (Å²) in [6, 6.07) is 15.2. The van der Waals surface area contributed by atoms with Crippen molar-refractivity contribution < 1.29 is 4.84 Å². The summed E-state index contributed by atoms with van der Waals surface area (Å²) in [7, 11) is 2.22. The first-order chi connectivity index (χ1) is 13.7. The van der Waals surface area contributed by atoms with Crippen LogP contribution in [0.25, 0.3) is 16.7 Å². The van der Waals surface area contributed by atoms with E-state index < -0.39 is 0 Å². The Morgan fingerprint density at radius 3 is 2.90 bits per heavy atom. The van der Waals surface area contributed by atoms with Crippen molar-refractivity contribution in [2.24, 2.45) is 5.16 Å². The average molecular weight is 413 g/mol. The molecule has 1 aliphatic heterocycles. The molecule has 1 aromatic heterocycles. The predicted molar refractivity (Wildman–Crippen MR) is 122 cm³/mol. The van der Waals surface area contributed by atoms with Gasteiger partial charge in [0.25, 0.3) is 0 Å². The Balaban J connectivity index is 0.00000240. The van der Waals surface area contributed by atoms with Crippen molar-refractivity contribution in [1.82, 2.24) is 14.5 Å². The summed E-state index contributed by atoms with van der Waals surface area (Å²) in [6.45, 7) is 6.80. The Bertz CT molecular complexity index is 997. The van der Waals surface area contributed by atoms with Crippen LogP contribution in [0.4, 0.5) is 0 Å². The second-order valence-corrected chi connectivity index (χ2v) is 7.61. The molecule has 0 radical (unpaired) electrons. The number of fused-ring (bicyclic) bond motifs is 1. The topological polar surface area (TPSA) is 42.7 Å². The van der Waals surface area contributed by atoms with Gasteiger partial charge in [0.05, 0.1) is 16.7 Å². The molecule has 1 unspecified atom stereocenters. The highest BCUT2D eigenvalue weighted by Gasteiger charge is 2.19. The van der Waals surface area contributed by atoms with Gasteiger partial charge in [0, 0.05) is 17.8 Å². The zero-order valence-corrected chi connectivity index (χ0v) is 18.2. The van der Waals surface area contributed by atoms with Crippen molar-refractivity contribution in [2.45, 2.75) is 32.6 Å². The van der Waals surface area contributed by atoms with E-state index in [0.29, 0.717) is 12.5 Å². The van der Waals surface area contributed by atoms with Crippen LogP contribution in [0.3, 0.4) is 0 Å². The molecule has 1 atom stereocenters. The quantitative estimate of drug-likeness (QED) is 0.436. The molecule has 3 aromatic rings. The maximum absolute atomic E-state index is 5.17. The van der Waals surface area contributed by atoms with Gasteiger partial charge in [-0.15, -0.1) is 12.4 Å². The average Bonchev–Trinajstić information content (AvgIpc) is 3.15. The molecule has 1 saturated heterocycles. The predicted octanol–water partition coefficient (Wildman–Crippen LogP) is 5.02. The highest BCUT2D eigenvalue weighted by atomic mass is 35.5. The molecule has 6 heteroatoms. The fourth-order valence-corrected chi connectivity index (χ4v) is 4.02. The summed E-state index contributed by atoms with van der Waals surface area (Å²) >= 11 is 0. The fraction of sp³-hybridized carbons (Fsp3) is 0.391. The second-order valence-electron chi connectivity index (χ2n) is 7.61. The van der Waals surface area contributed by atoms with Crippen LogP contribution in [0.1, 0.15) is 43.7 Å². The van der Waals surface area contributed by atoms with E-state index in [9.17, 15) is 0 Å². The van der Waals surface area contributed by atoms with Gasteiger partial charge in [-0.25, -0.2) is 4.98 Å². The van der Waals surface area contributed by atoms with Gasteiger partial charge in [-0.1, -0.05) is 23.4 Å².